The average molecular weight is 929 g/mol. The molecule has 0 radical (unpaired) electrons. The first-order valence-corrected chi connectivity index (χ1v) is 25.0. The maximum atomic E-state index is 5.31. The van der Waals surface area contributed by atoms with E-state index in [-0.39, 0.29) is 0 Å². The second-order valence-electron chi connectivity index (χ2n) is 18.8. The van der Waals surface area contributed by atoms with Gasteiger partial charge in [-0.25, -0.2) is 9.97 Å². The highest BCUT2D eigenvalue weighted by atomic mass is 14.9. The normalized spacial score (nSPS) is 12.2. The third-order valence-corrected chi connectivity index (χ3v) is 14.6. The molecule has 0 fully saturated rings. The number of fused-ring (bicyclic) bond motifs is 3. The average Bonchev–Trinajstić information content (AvgIpc) is 3.79. The van der Waals surface area contributed by atoms with E-state index in [4.69, 9.17) is 9.97 Å². The number of benzene rings is 11. The molecule has 342 valence electrons. The van der Waals surface area contributed by atoms with E-state index in [1.807, 2.05) is 18.2 Å². The molecule has 0 unspecified atom stereocenters. The molecule has 0 bridgehead atoms. The third kappa shape index (κ3) is 7.87. The Morgan fingerprint density at radius 3 is 1.22 bits per heavy atom. The zero-order valence-electron chi connectivity index (χ0n) is 40.1. The van der Waals surface area contributed by atoms with Crippen LogP contribution < -0.4 is 0 Å². The highest BCUT2D eigenvalue weighted by Gasteiger charge is 2.46. The van der Waals surface area contributed by atoms with E-state index in [2.05, 4.69) is 273 Å². The molecule has 1 aliphatic carbocycles. The van der Waals surface area contributed by atoms with Crippen molar-refractivity contribution in [1.29, 1.82) is 0 Å². The Morgan fingerprint density at radius 2 is 0.616 bits per heavy atom. The van der Waals surface area contributed by atoms with Crippen molar-refractivity contribution in [3.63, 3.8) is 0 Å². The van der Waals surface area contributed by atoms with Gasteiger partial charge in [-0.1, -0.05) is 261 Å². The molecule has 0 spiro atoms. The minimum Gasteiger partial charge on any atom is -0.228 e. The Bertz CT molecular complexity index is 3870. The van der Waals surface area contributed by atoms with Gasteiger partial charge in [0.05, 0.1) is 16.8 Å². The van der Waals surface area contributed by atoms with Gasteiger partial charge in [0.25, 0.3) is 0 Å². The van der Waals surface area contributed by atoms with Crippen LogP contribution in [0.1, 0.15) is 22.3 Å². The molecule has 13 rings (SSSR count). The quantitative estimate of drug-likeness (QED) is 0.137. The summed E-state index contributed by atoms with van der Waals surface area (Å²) in [6.07, 6.45) is 0. The fourth-order valence-corrected chi connectivity index (χ4v) is 11.2. The topological polar surface area (TPSA) is 25.8 Å². The molecule has 0 aliphatic heterocycles. The fraction of sp³-hybridized carbons (Fsp3) is 0.0141. The summed E-state index contributed by atoms with van der Waals surface area (Å²) in [5.74, 6) is 0.686. The van der Waals surface area contributed by atoms with Crippen LogP contribution >= 0.6 is 0 Å². The second kappa shape index (κ2) is 18.7. The standard InChI is InChI=1S/C71H48N2/c1-7-22-49(23-8-1)51-38-40-52(41-39-51)67-48-68(73-70(72-67)54-28-13-4-14-29-54)57-31-21-30-55(44-57)62-46-58(50-24-9-2-10-25-50)47-63(69(62)53-26-11-3-12-27-53)56-42-43-66-64(45-56)61-36-19-20-37-65(61)71(66,59-32-15-5-16-33-59)60-34-17-6-18-35-60/h1-48H. The van der Waals surface area contributed by atoms with Gasteiger partial charge in [0.1, 0.15) is 0 Å². The predicted molar refractivity (Wildman–Crippen MR) is 303 cm³/mol. The Labute approximate surface area is 427 Å². The van der Waals surface area contributed by atoms with Gasteiger partial charge < -0.3 is 0 Å². The van der Waals surface area contributed by atoms with E-state index in [1.165, 1.54) is 50.1 Å². The molecule has 1 aliphatic rings. The highest BCUT2D eigenvalue weighted by molar-refractivity contribution is 6.00. The zero-order valence-corrected chi connectivity index (χ0v) is 40.1. The molecule has 0 saturated carbocycles. The minimum absolute atomic E-state index is 0.487. The monoisotopic (exact) mass is 928 g/mol. The van der Waals surface area contributed by atoms with Crippen LogP contribution in [0, 0.1) is 0 Å². The number of aromatic nitrogens is 2. The summed E-state index contributed by atoms with van der Waals surface area (Å²) in [4.78, 5) is 10.5. The molecule has 0 N–H and O–H groups in total. The minimum atomic E-state index is -0.487. The summed E-state index contributed by atoms with van der Waals surface area (Å²) in [5.41, 5.74) is 23.4. The van der Waals surface area contributed by atoms with Crippen LogP contribution in [-0.2, 0) is 5.41 Å². The second-order valence-corrected chi connectivity index (χ2v) is 18.8. The summed E-state index contributed by atoms with van der Waals surface area (Å²) in [7, 11) is 0. The summed E-state index contributed by atoms with van der Waals surface area (Å²) in [6.45, 7) is 0. The lowest BCUT2D eigenvalue weighted by Crippen LogP contribution is -2.28. The summed E-state index contributed by atoms with van der Waals surface area (Å²) >= 11 is 0. The molecular weight excluding hydrogens is 881 g/mol. The first-order chi connectivity index (χ1) is 36.2. The third-order valence-electron chi connectivity index (χ3n) is 14.6. The van der Waals surface area contributed by atoms with Crippen LogP contribution in [0.4, 0.5) is 0 Å². The van der Waals surface area contributed by atoms with Gasteiger partial charge in [0, 0.05) is 16.7 Å². The van der Waals surface area contributed by atoms with Crippen LogP contribution in [0.25, 0.3) is 101 Å². The van der Waals surface area contributed by atoms with Crippen LogP contribution in [-0.4, -0.2) is 9.97 Å². The maximum Gasteiger partial charge on any atom is 0.160 e. The molecule has 1 aromatic heterocycles. The van der Waals surface area contributed by atoms with Gasteiger partial charge in [-0.2, -0.15) is 0 Å². The van der Waals surface area contributed by atoms with Crippen LogP contribution in [0.5, 0.6) is 0 Å². The van der Waals surface area contributed by atoms with Gasteiger partial charge in [-0.15, -0.1) is 0 Å². The SMILES string of the molecule is c1ccc(-c2ccc(-c3cc(-c4cccc(-c5cc(-c6ccccc6)cc(-c6ccc7c(c6)-c6ccccc6C7(c6ccccc6)c6ccccc6)c5-c5ccccc5)c4)nc(-c4ccccc4)n3)cc2)cc1. The number of hydrogen-bond donors (Lipinski definition) is 0. The van der Waals surface area contributed by atoms with Crippen molar-refractivity contribution in [2.45, 2.75) is 5.41 Å². The van der Waals surface area contributed by atoms with Crippen molar-refractivity contribution < 1.29 is 0 Å². The first kappa shape index (κ1) is 43.5. The smallest absolute Gasteiger partial charge is 0.160 e. The van der Waals surface area contributed by atoms with Crippen LogP contribution in [0.2, 0.25) is 0 Å². The molecule has 0 amide bonds. The summed E-state index contributed by atoms with van der Waals surface area (Å²) in [6, 6.07) is 105. The number of nitrogens with zero attached hydrogens (tertiary/aromatic N) is 2. The largest absolute Gasteiger partial charge is 0.228 e. The predicted octanol–water partition coefficient (Wildman–Crippen LogP) is 18.2. The highest BCUT2D eigenvalue weighted by Crippen LogP contribution is 2.57. The zero-order chi connectivity index (χ0) is 48.6. The van der Waals surface area contributed by atoms with Crippen LogP contribution in [0.3, 0.4) is 0 Å². The lowest BCUT2D eigenvalue weighted by atomic mass is 9.67. The van der Waals surface area contributed by atoms with Gasteiger partial charge in [0.15, 0.2) is 5.82 Å². The Hall–Kier alpha value is -9.50. The molecule has 0 saturated heterocycles. The van der Waals surface area contributed by atoms with Crippen molar-refractivity contribution in [3.8, 4) is 101 Å². The van der Waals surface area contributed by atoms with Crippen LogP contribution in [0.15, 0.2) is 291 Å². The lowest BCUT2D eigenvalue weighted by Gasteiger charge is -2.34. The fourth-order valence-electron chi connectivity index (χ4n) is 11.2. The van der Waals surface area contributed by atoms with E-state index in [9.17, 15) is 0 Å². The molecule has 11 aromatic carbocycles. The van der Waals surface area contributed by atoms with Crippen molar-refractivity contribution in [1.82, 2.24) is 9.97 Å². The first-order valence-electron chi connectivity index (χ1n) is 25.0. The molecular formula is C71H48N2. The van der Waals surface area contributed by atoms with E-state index >= 15 is 0 Å². The van der Waals surface area contributed by atoms with Gasteiger partial charge in [0.2, 0.25) is 0 Å². The Balaban J connectivity index is 1.01. The van der Waals surface area contributed by atoms with Gasteiger partial charge >= 0.3 is 0 Å². The molecule has 2 heteroatoms. The molecule has 2 nitrogen and oxygen atoms in total. The van der Waals surface area contributed by atoms with Crippen molar-refractivity contribution in [2.24, 2.45) is 0 Å². The van der Waals surface area contributed by atoms with Gasteiger partial charge in [-0.05, 0) is 119 Å². The Kier molecular flexibility index (Phi) is 11.1. The number of hydrogen-bond acceptors (Lipinski definition) is 2. The maximum absolute atomic E-state index is 5.31. The Morgan fingerprint density at radius 1 is 0.219 bits per heavy atom. The van der Waals surface area contributed by atoms with E-state index in [1.54, 1.807) is 0 Å². The number of rotatable bonds is 10. The molecule has 73 heavy (non-hydrogen) atoms. The van der Waals surface area contributed by atoms with E-state index in [0.717, 1.165) is 67.0 Å². The molecule has 0 atom stereocenters. The van der Waals surface area contributed by atoms with Gasteiger partial charge in [-0.3, -0.25) is 0 Å². The van der Waals surface area contributed by atoms with Crippen molar-refractivity contribution in [3.05, 3.63) is 313 Å². The van der Waals surface area contributed by atoms with Crippen molar-refractivity contribution in [2.75, 3.05) is 0 Å². The van der Waals surface area contributed by atoms with Crippen molar-refractivity contribution >= 4 is 0 Å². The summed E-state index contributed by atoms with van der Waals surface area (Å²) in [5, 5.41) is 0. The molecule has 12 aromatic rings. The molecule has 1 heterocycles. The lowest BCUT2D eigenvalue weighted by molar-refractivity contribution is 0.768. The van der Waals surface area contributed by atoms with E-state index < -0.39 is 5.41 Å². The summed E-state index contributed by atoms with van der Waals surface area (Å²) < 4.78 is 0. The van der Waals surface area contributed by atoms with E-state index in [0.29, 0.717) is 5.82 Å².